The van der Waals surface area contributed by atoms with Gasteiger partial charge in [-0.2, -0.15) is 5.26 Å². The molecule has 96 valence electrons. The van der Waals surface area contributed by atoms with Crippen molar-refractivity contribution in [3.8, 4) is 6.07 Å². The van der Waals surface area contributed by atoms with Gasteiger partial charge in [-0.25, -0.2) is 4.39 Å². The Labute approximate surface area is 110 Å². The predicted molar refractivity (Wildman–Crippen MR) is 64.5 cm³/mol. The number of halogens is 2. The summed E-state index contributed by atoms with van der Waals surface area (Å²) in [5.41, 5.74) is -0.921. The molecule has 1 fully saturated rings. The molecule has 1 N–H and O–H groups in total. The van der Waals surface area contributed by atoms with Crippen LogP contribution in [-0.2, 0) is 4.74 Å². The molecule has 1 aromatic carbocycles. The molecule has 18 heavy (non-hydrogen) atoms. The Kier molecular flexibility index (Phi) is 3.86. The van der Waals surface area contributed by atoms with Crippen LogP contribution in [0, 0.1) is 22.6 Å². The average molecular weight is 270 g/mol. The SMILES string of the molecule is N#CC1(C(O)c2cccc(Cl)c2F)CCOCC1. The fourth-order valence-electron chi connectivity index (χ4n) is 2.21. The third-order valence-corrected chi connectivity index (χ3v) is 3.70. The first kappa shape index (κ1) is 13.3. The number of aliphatic hydroxyl groups is 1. The largest absolute Gasteiger partial charge is 0.387 e. The molecule has 1 heterocycles. The number of hydrogen-bond acceptors (Lipinski definition) is 3. The number of hydrogen-bond donors (Lipinski definition) is 1. The Bertz CT molecular complexity index is 480. The van der Waals surface area contributed by atoms with E-state index >= 15 is 0 Å². The lowest BCUT2D eigenvalue weighted by molar-refractivity contribution is -0.0322. The van der Waals surface area contributed by atoms with Crippen molar-refractivity contribution < 1.29 is 14.2 Å². The van der Waals surface area contributed by atoms with Gasteiger partial charge in [-0.05, 0) is 18.9 Å². The zero-order chi connectivity index (χ0) is 13.2. The molecular formula is C13H13ClFNO2. The number of ether oxygens (including phenoxy) is 1. The molecule has 1 unspecified atom stereocenters. The number of aliphatic hydroxyl groups excluding tert-OH is 1. The monoisotopic (exact) mass is 269 g/mol. The highest BCUT2D eigenvalue weighted by Crippen LogP contribution is 2.43. The van der Waals surface area contributed by atoms with E-state index in [4.69, 9.17) is 16.3 Å². The molecule has 0 bridgehead atoms. The van der Waals surface area contributed by atoms with Crippen LogP contribution in [0.1, 0.15) is 24.5 Å². The number of benzene rings is 1. The van der Waals surface area contributed by atoms with E-state index in [9.17, 15) is 14.8 Å². The maximum Gasteiger partial charge on any atom is 0.147 e. The summed E-state index contributed by atoms with van der Waals surface area (Å²) in [7, 11) is 0. The fraction of sp³-hybridized carbons (Fsp3) is 0.462. The van der Waals surface area contributed by atoms with E-state index in [1.807, 2.05) is 0 Å². The number of rotatable bonds is 2. The Morgan fingerprint density at radius 1 is 1.44 bits per heavy atom. The molecule has 3 nitrogen and oxygen atoms in total. The van der Waals surface area contributed by atoms with Crippen molar-refractivity contribution in [2.45, 2.75) is 18.9 Å². The molecule has 1 atom stereocenters. The highest BCUT2D eigenvalue weighted by atomic mass is 35.5. The van der Waals surface area contributed by atoms with Crippen LogP contribution in [0.3, 0.4) is 0 Å². The van der Waals surface area contributed by atoms with Gasteiger partial charge in [0.1, 0.15) is 11.9 Å². The lowest BCUT2D eigenvalue weighted by Crippen LogP contribution is -2.34. The van der Waals surface area contributed by atoms with E-state index in [1.165, 1.54) is 12.1 Å². The van der Waals surface area contributed by atoms with Crippen LogP contribution in [0.5, 0.6) is 0 Å². The van der Waals surface area contributed by atoms with E-state index in [0.717, 1.165) is 0 Å². The molecule has 1 aliphatic rings. The van der Waals surface area contributed by atoms with Crippen molar-refractivity contribution in [1.29, 1.82) is 5.26 Å². The highest BCUT2D eigenvalue weighted by Gasteiger charge is 2.42. The van der Waals surface area contributed by atoms with Crippen molar-refractivity contribution >= 4 is 11.6 Å². The van der Waals surface area contributed by atoms with E-state index in [-0.39, 0.29) is 10.6 Å². The maximum atomic E-state index is 13.9. The van der Waals surface area contributed by atoms with Crippen molar-refractivity contribution in [2.24, 2.45) is 5.41 Å². The summed E-state index contributed by atoms with van der Waals surface area (Å²) in [6.45, 7) is 0.791. The maximum absolute atomic E-state index is 13.9. The third-order valence-electron chi connectivity index (χ3n) is 3.41. The van der Waals surface area contributed by atoms with Crippen molar-refractivity contribution in [3.63, 3.8) is 0 Å². The van der Waals surface area contributed by atoms with E-state index in [1.54, 1.807) is 6.07 Å². The van der Waals surface area contributed by atoms with Crippen LogP contribution >= 0.6 is 11.6 Å². The van der Waals surface area contributed by atoms with E-state index in [0.29, 0.717) is 26.1 Å². The van der Waals surface area contributed by atoms with Crippen molar-refractivity contribution in [3.05, 3.63) is 34.6 Å². The number of nitriles is 1. The molecular weight excluding hydrogens is 257 g/mol. The normalized spacial score (nSPS) is 20.1. The summed E-state index contributed by atoms with van der Waals surface area (Å²) in [5.74, 6) is -0.659. The molecule has 0 aromatic heterocycles. The topological polar surface area (TPSA) is 53.2 Å². The summed E-state index contributed by atoms with van der Waals surface area (Å²) in [5, 5.41) is 19.6. The van der Waals surface area contributed by atoms with Crippen LogP contribution in [-0.4, -0.2) is 18.3 Å². The Morgan fingerprint density at radius 3 is 2.72 bits per heavy atom. The van der Waals surface area contributed by atoms with E-state index < -0.39 is 17.3 Å². The molecule has 2 rings (SSSR count). The highest BCUT2D eigenvalue weighted by molar-refractivity contribution is 6.30. The van der Waals surface area contributed by atoms with Gasteiger partial charge in [0.15, 0.2) is 0 Å². The van der Waals surface area contributed by atoms with Crippen LogP contribution in [0.2, 0.25) is 5.02 Å². The second-order valence-electron chi connectivity index (χ2n) is 4.43. The van der Waals surface area contributed by atoms with Gasteiger partial charge in [0.2, 0.25) is 0 Å². The predicted octanol–water partition coefficient (Wildman–Crippen LogP) is 2.83. The van der Waals surface area contributed by atoms with Gasteiger partial charge in [-0.1, -0.05) is 23.7 Å². The van der Waals surface area contributed by atoms with Crippen LogP contribution < -0.4 is 0 Å². The average Bonchev–Trinajstić information content (AvgIpc) is 2.42. The summed E-state index contributed by atoms with van der Waals surface area (Å²) < 4.78 is 19.1. The van der Waals surface area contributed by atoms with Gasteiger partial charge in [-0.15, -0.1) is 0 Å². The summed E-state index contributed by atoms with van der Waals surface area (Å²) in [4.78, 5) is 0. The first-order chi connectivity index (χ1) is 8.60. The standard InChI is InChI=1S/C13H13ClFNO2/c14-10-3-1-2-9(11(10)15)12(17)13(8-16)4-6-18-7-5-13/h1-3,12,17H,4-7H2. The zero-order valence-corrected chi connectivity index (χ0v) is 10.5. The quantitative estimate of drug-likeness (QED) is 0.898. The zero-order valence-electron chi connectivity index (χ0n) is 9.70. The lowest BCUT2D eigenvalue weighted by Gasteiger charge is -2.35. The molecule has 0 aliphatic carbocycles. The first-order valence-corrected chi connectivity index (χ1v) is 6.09. The Balaban J connectivity index is 2.37. The van der Waals surface area contributed by atoms with Gasteiger partial charge in [0.05, 0.1) is 16.5 Å². The number of nitrogens with zero attached hydrogens (tertiary/aromatic N) is 1. The van der Waals surface area contributed by atoms with E-state index in [2.05, 4.69) is 6.07 Å². The molecule has 1 aliphatic heterocycles. The van der Waals surface area contributed by atoms with Crippen LogP contribution in [0.25, 0.3) is 0 Å². The van der Waals surface area contributed by atoms with Gasteiger partial charge < -0.3 is 9.84 Å². The van der Waals surface area contributed by atoms with Crippen LogP contribution in [0.15, 0.2) is 18.2 Å². The Hall–Kier alpha value is -1.15. The molecule has 0 spiro atoms. The summed E-state index contributed by atoms with van der Waals surface area (Å²) >= 11 is 5.69. The fourth-order valence-corrected chi connectivity index (χ4v) is 2.39. The van der Waals surface area contributed by atoms with Crippen molar-refractivity contribution in [1.82, 2.24) is 0 Å². The molecule has 0 radical (unpaired) electrons. The molecule has 0 saturated carbocycles. The first-order valence-electron chi connectivity index (χ1n) is 5.72. The second-order valence-corrected chi connectivity index (χ2v) is 4.83. The summed E-state index contributed by atoms with van der Waals surface area (Å²) in [6.07, 6.45) is -0.419. The third kappa shape index (κ3) is 2.22. The lowest BCUT2D eigenvalue weighted by atomic mass is 9.74. The Morgan fingerprint density at radius 2 is 2.11 bits per heavy atom. The minimum atomic E-state index is -1.19. The van der Waals surface area contributed by atoms with Crippen LogP contribution in [0.4, 0.5) is 4.39 Å². The van der Waals surface area contributed by atoms with Gasteiger partial charge >= 0.3 is 0 Å². The van der Waals surface area contributed by atoms with Gasteiger partial charge in [-0.3, -0.25) is 0 Å². The van der Waals surface area contributed by atoms with Gasteiger partial charge in [0.25, 0.3) is 0 Å². The van der Waals surface area contributed by atoms with Crippen molar-refractivity contribution in [2.75, 3.05) is 13.2 Å². The molecule has 0 amide bonds. The molecule has 1 aromatic rings. The summed E-state index contributed by atoms with van der Waals surface area (Å²) in [6, 6.07) is 6.56. The van der Waals surface area contributed by atoms with Gasteiger partial charge in [0, 0.05) is 18.8 Å². The molecule has 1 saturated heterocycles. The second kappa shape index (κ2) is 5.23. The minimum absolute atomic E-state index is 0.0494. The molecule has 5 heteroatoms. The smallest absolute Gasteiger partial charge is 0.147 e. The minimum Gasteiger partial charge on any atom is -0.387 e.